The molecular weight excluding hydrogens is 372 g/mol. The molecule has 1 N–H and O–H groups in total. The van der Waals surface area contributed by atoms with Gasteiger partial charge in [0.15, 0.2) is 12.0 Å². The van der Waals surface area contributed by atoms with Gasteiger partial charge in [0.2, 0.25) is 5.76 Å². The Kier molecular flexibility index (Phi) is 5.97. The van der Waals surface area contributed by atoms with Crippen LogP contribution in [0, 0.1) is 6.92 Å². The van der Waals surface area contributed by atoms with Crippen LogP contribution in [0.25, 0.3) is 11.0 Å². The molecule has 1 heterocycles. The molecule has 7 nitrogen and oxygen atoms in total. The maximum absolute atomic E-state index is 12.2. The number of nitrogens with one attached hydrogen (secondary N) is 1. The van der Waals surface area contributed by atoms with Crippen molar-refractivity contribution in [2.24, 2.45) is 0 Å². The molecule has 1 aromatic heterocycles. The van der Waals surface area contributed by atoms with Gasteiger partial charge in [-0.05, 0) is 36.8 Å². The first kappa shape index (κ1) is 20.1. The maximum Gasteiger partial charge on any atom is 0.374 e. The average Bonchev–Trinajstić information content (AvgIpc) is 2.71. The zero-order valence-corrected chi connectivity index (χ0v) is 16.5. The number of anilines is 1. The molecule has 29 heavy (non-hydrogen) atoms. The first-order valence-corrected chi connectivity index (χ1v) is 9.08. The van der Waals surface area contributed by atoms with Crippen molar-refractivity contribution in [2.45, 2.75) is 13.5 Å². The summed E-state index contributed by atoms with van der Waals surface area (Å²) in [6, 6.07) is 13.9. The zero-order valence-electron chi connectivity index (χ0n) is 16.5. The van der Waals surface area contributed by atoms with E-state index in [1.165, 1.54) is 0 Å². The Hall–Kier alpha value is -3.61. The van der Waals surface area contributed by atoms with E-state index in [9.17, 15) is 14.4 Å². The average molecular weight is 394 g/mol. The first-order chi connectivity index (χ1) is 13.8. The highest BCUT2D eigenvalue weighted by Gasteiger charge is 2.15. The summed E-state index contributed by atoms with van der Waals surface area (Å²) in [4.78, 5) is 38.3. The Morgan fingerprint density at radius 3 is 2.48 bits per heavy atom. The number of carbonyl (C=O) groups is 2. The summed E-state index contributed by atoms with van der Waals surface area (Å²) in [5.74, 6) is -1.55. The summed E-state index contributed by atoms with van der Waals surface area (Å²) >= 11 is 0. The molecule has 0 radical (unpaired) electrons. The van der Waals surface area contributed by atoms with E-state index in [0.29, 0.717) is 17.5 Å². The minimum atomic E-state index is -0.866. The number of ether oxygens (including phenoxy) is 1. The third-order valence-corrected chi connectivity index (χ3v) is 4.36. The van der Waals surface area contributed by atoms with Gasteiger partial charge in [-0.15, -0.1) is 0 Å². The fourth-order valence-corrected chi connectivity index (χ4v) is 2.74. The monoisotopic (exact) mass is 394 g/mol. The summed E-state index contributed by atoms with van der Waals surface area (Å²) in [5.41, 5.74) is 2.84. The summed E-state index contributed by atoms with van der Waals surface area (Å²) in [6.45, 7) is 1.70. The predicted octanol–water partition coefficient (Wildman–Crippen LogP) is 2.64. The van der Waals surface area contributed by atoms with E-state index in [-0.39, 0.29) is 11.2 Å². The topological polar surface area (TPSA) is 88.8 Å². The Morgan fingerprint density at radius 1 is 1.07 bits per heavy atom. The van der Waals surface area contributed by atoms with E-state index >= 15 is 0 Å². The van der Waals surface area contributed by atoms with Gasteiger partial charge in [-0.2, -0.15) is 0 Å². The molecule has 0 aliphatic heterocycles. The van der Waals surface area contributed by atoms with Crippen LogP contribution in [0.1, 0.15) is 21.7 Å². The minimum absolute atomic E-state index is 0.238. The third kappa shape index (κ3) is 5.01. The summed E-state index contributed by atoms with van der Waals surface area (Å²) < 4.78 is 10.4. The van der Waals surface area contributed by atoms with Crippen molar-refractivity contribution in [3.63, 3.8) is 0 Å². The number of benzene rings is 2. The molecular formula is C22H22N2O5. The minimum Gasteiger partial charge on any atom is -0.450 e. The lowest BCUT2D eigenvalue weighted by Gasteiger charge is -2.13. The molecule has 0 fully saturated rings. The van der Waals surface area contributed by atoms with E-state index in [1.54, 1.807) is 18.2 Å². The van der Waals surface area contributed by atoms with Crippen LogP contribution >= 0.6 is 0 Å². The van der Waals surface area contributed by atoms with Crippen LogP contribution in [-0.2, 0) is 16.1 Å². The smallest absolute Gasteiger partial charge is 0.374 e. The lowest BCUT2D eigenvalue weighted by molar-refractivity contribution is -0.124. The number of hydrogen-bond donors (Lipinski definition) is 1. The number of esters is 1. The van der Waals surface area contributed by atoms with E-state index in [1.807, 2.05) is 50.2 Å². The van der Waals surface area contributed by atoms with Gasteiger partial charge in [-0.3, -0.25) is 9.59 Å². The van der Waals surface area contributed by atoms with Gasteiger partial charge in [0, 0.05) is 32.4 Å². The van der Waals surface area contributed by atoms with Crippen molar-refractivity contribution < 1.29 is 18.7 Å². The van der Waals surface area contributed by atoms with Gasteiger partial charge in [0.1, 0.15) is 5.58 Å². The molecule has 0 unspecified atom stereocenters. The predicted molar refractivity (Wildman–Crippen MR) is 110 cm³/mol. The Labute approximate surface area is 167 Å². The maximum atomic E-state index is 12.2. The fourth-order valence-electron chi connectivity index (χ4n) is 2.74. The van der Waals surface area contributed by atoms with Crippen molar-refractivity contribution >= 4 is 28.5 Å². The van der Waals surface area contributed by atoms with Crippen LogP contribution in [0.4, 0.5) is 5.69 Å². The summed E-state index contributed by atoms with van der Waals surface area (Å²) in [7, 11) is 3.90. The molecule has 150 valence electrons. The summed E-state index contributed by atoms with van der Waals surface area (Å²) in [6.07, 6.45) is 0. The highest BCUT2D eigenvalue weighted by Crippen LogP contribution is 2.15. The second kappa shape index (κ2) is 8.60. The van der Waals surface area contributed by atoms with Crippen molar-refractivity contribution in [2.75, 3.05) is 25.6 Å². The van der Waals surface area contributed by atoms with Gasteiger partial charge in [0.25, 0.3) is 5.91 Å². The fraction of sp³-hybridized carbons (Fsp3) is 0.227. The first-order valence-electron chi connectivity index (χ1n) is 9.08. The van der Waals surface area contributed by atoms with Crippen LogP contribution in [0.2, 0.25) is 0 Å². The molecule has 7 heteroatoms. The van der Waals surface area contributed by atoms with E-state index in [4.69, 9.17) is 9.15 Å². The molecule has 1 amide bonds. The number of carbonyl (C=O) groups excluding carboxylic acids is 2. The SMILES string of the molecule is Cc1ccc2oc(C(=O)OCC(=O)NCc3ccc(N(C)C)cc3)cc(=O)c2c1. The molecule has 3 aromatic rings. The van der Waals surface area contributed by atoms with Gasteiger partial charge in [-0.25, -0.2) is 4.79 Å². The number of fused-ring (bicyclic) bond motifs is 1. The quantitative estimate of drug-likeness (QED) is 0.647. The lowest BCUT2D eigenvalue weighted by atomic mass is 10.1. The Bertz CT molecular complexity index is 1100. The Balaban J connectivity index is 1.56. The van der Waals surface area contributed by atoms with Crippen molar-refractivity contribution in [3.05, 3.63) is 75.6 Å². The normalized spacial score (nSPS) is 10.6. The third-order valence-electron chi connectivity index (χ3n) is 4.36. The molecule has 3 rings (SSSR count). The zero-order chi connectivity index (χ0) is 21.0. The van der Waals surface area contributed by atoms with E-state index in [0.717, 1.165) is 22.9 Å². The molecule has 2 aromatic carbocycles. The highest BCUT2D eigenvalue weighted by atomic mass is 16.5. The summed E-state index contributed by atoms with van der Waals surface area (Å²) in [5, 5.41) is 3.07. The largest absolute Gasteiger partial charge is 0.450 e. The van der Waals surface area contributed by atoms with Crippen molar-refractivity contribution in [1.29, 1.82) is 0 Å². The van der Waals surface area contributed by atoms with E-state index in [2.05, 4.69) is 5.32 Å². The molecule has 0 aliphatic carbocycles. The highest BCUT2D eigenvalue weighted by molar-refractivity contribution is 5.90. The molecule has 0 saturated carbocycles. The lowest BCUT2D eigenvalue weighted by Crippen LogP contribution is -2.28. The Morgan fingerprint density at radius 2 is 1.79 bits per heavy atom. The number of nitrogens with zero attached hydrogens (tertiary/aromatic N) is 1. The van der Waals surface area contributed by atoms with Crippen LogP contribution < -0.4 is 15.6 Å². The van der Waals surface area contributed by atoms with Gasteiger partial charge in [-0.1, -0.05) is 23.8 Å². The van der Waals surface area contributed by atoms with Crippen molar-refractivity contribution in [3.8, 4) is 0 Å². The molecule has 0 spiro atoms. The number of rotatable bonds is 6. The van der Waals surface area contributed by atoms with Crippen LogP contribution in [0.3, 0.4) is 0 Å². The number of amides is 1. The second-order valence-corrected chi connectivity index (χ2v) is 6.89. The van der Waals surface area contributed by atoms with Crippen LogP contribution in [0.5, 0.6) is 0 Å². The van der Waals surface area contributed by atoms with Crippen LogP contribution in [0.15, 0.2) is 57.7 Å². The van der Waals surface area contributed by atoms with Gasteiger partial charge in [0.05, 0.1) is 5.39 Å². The number of aryl methyl sites for hydroxylation is 1. The molecule has 0 atom stereocenters. The standard InChI is InChI=1S/C22H22N2O5/c1-14-4-9-19-17(10-14)18(25)11-20(29-19)22(27)28-13-21(26)23-12-15-5-7-16(8-6-15)24(2)3/h4-11H,12-13H2,1-3H3,(H,23,26). The van der Waals surface area contributed by atoms with Crippen LogP contribution in [-0.4, -0.2) is 32.6 Å². The molecule has 0 saturated heterocycles. The molecule has 0 aliphatic rings. The number of hydrogen-bond acceptors (Lipinski definition) is 6. The van der Waals surface area contributed by atoms with Gasteiger partial charge < -0.3 is 19.4 Å². The second-order valence-electron chi connectivity index (χ2n) is 6.89. The van der Waals surface area contributed by atoms with Gasteiger partial charge >= 0.3 is 5.97 Å². The van der Waals surface area contributed by atoms with E-state index < -0.39 is 18.5 Å². The van der Waals surface area contributed by atoms with Crippen molar-refractivity contribution in [1.82, 2.24) is 5.32 Å². The molecule has 0 bridgehead atoms.